The monoisotopic (exact) mass is 435 g/mol. The number of fused-ring (bicyclic) bond motifs is 1. The standard InChI is InChI=1S/C18H18BrN3OS2/c19-14-8-6-13(7-9-14)16(23)11-25-18-21-20-17-22(18)15(10-24-17)12-4-2-1-3-5-12/h6-10,12H,1-5,11H2. The van der Waals surface area contributed by atoms with Crippen LogP contribution < -0.4 is 0 Å². The van der Waals surface area contributed by atoms with Crippen LogP contribution >= 0.6 is 39.0 Å². The maximum atomic E-state index is 12.4. The number of hydrogen-bond donors (Lipinski definition) is 0. The van der Waals surface area contributed by atoms with Crippen LogP contribution in [0.1, 0.15) is 54.1 Å². The Morgan fingerprint density at radius 1 is 1.20 bits per heavy atom. The first-order valence-electron chi connectivity index (χ1n) is 8.46. The average molecular weight is 436 g/mol. The van der Waals surface area contributed by atoms with Crippen LogP contribution in [0, 0.1) is 0 Å². The Labute approximate surface area is 163 Å². The number of rotatable bonds is 5. The third-order valence-corrected chi connectivity index (χ3v) is 6.96. The van der Waals surface area contributed by atoms with Crippen molar-refractivity contribution in [2.75, 3.05) is 5.75 Å². The van der Waals surface area contributed by atoms with Crippen LogP contribution in [0.5, 0.6) is 0 Å². The molecule has 4 nitrogen and oxygen atoms in total. The average Bonchev–Trinajstić information content (AvgIpc) is 3.23. The van der Waals surface area contributed by atoms with Gasteiger partial charge in [0.25, 0.3) is 0 Å². The third kappa shape index (κ3) is 3.68. The van der Waals surface area contributed by atoms with Crippen molar-refractivity contribution in [2.24, 2.45) is 0 Å². The molecule has 2 aromatic heterocycles. The Hall–Kier alpha value is -1.18. The molecule has 2 heterocycles. The highest BCUT2D eigenvalue weighted by Gasteiger charge is 2.22. The van der Waals surface area contributed by atoms with Gasteiger partial charge in [0.15, 0.2) is 10.9 Å². The molecule has 1 fully saturated rings. The number of thiazole rings is 1. The van der Waals surface area contributed by atoms with E-state index >= 15 is 0 Å². The molecule has 0 N–H and O–H groups in total. The Bertz CT molecular complexity index is 882. The van der Waals surface area contributed by atoms with Crippen LogP contribution in [-0.2, 0) is 0 Å². The number of nitrogens with zero attached hydrogens (tertiary/aromatic N) is 3. The Kier molecular flexibility index (Phi) is 5.24. The summed E-state index contributed by atoms with van der Waals surface area (Å²) in [6.45, 7) is 0. The van der Waals surface area contributed by atoms with Gasteiger partial charge in [-0.15, -0.1) is 21.5 Å². The summed E-state index contributed by atoms with van der Waals surface area (Å²) in [6.07, 6.45) is 6.43. The van der Waals surface area contributed by atoms with Crippen molar-refractivity contribution in [3.8, 4) is 0 Å². The maximum absolute atomic E-state index is 12.4. The van der Waals surface area contributed by atoms with Crippen molar-refractivity contribution in [1.29, 1.82) is 0 Å². The number of ketones is 1. The van der Waals surface area contributed by atoms with Crippen molar-refractivity contribution in [3.63, 3.8) is 0 Å². The van der Waals surface area contributed by atoms with Gasteiger partial charge < -0.3 is 0 Å². The zero-order valence-corrected chi connectivity index (χ0v) is 16.9. The van der Waals surface area contributed by atoms with E-state index in [4.69, 9.17) is 0 Å². The summed E-state index contributed by atoms with van der Waals surface area (Å²) < 4.78 is 3.14. The lowest BCUT2D eigenvalue weighted by molar-refractivity contribution is 0.102. The van der Waals surface area contributed by atoms with Crippen molar-refractivity contribution < 1.29 is 4.79 Å². The smallest absolute Gasteiger partial charge is 0.217 e. The van der Waals surface area contributed by atoms with Gasteiger partial charge in [-0.05, 0) is 25.0 Å². The molecular weight excluding hydrogens is 418 g/mol. The second-order valence-corrected chi connectivity index (χ2v) is 9.01. The summed E-state index contributed by atoms with van der Waals surface area (Å²) in [6, 6.07) is 7.50. The lowest BCUT2D eigenvalue weighted by Crippen LogP contribution is -2.08. The van der Waals surface area contributed by atoms with E-state index in [1.807, 2.05) is 24.3 Å². The van der Waals surface area contributed by atoms with Gasteiger partial charge in [0, 0.05) is 27.0 Å². The molecule has 25 heavy (non-hydrogen) atoms. The fourth-order valence-corrected chi connectivity index (χ4v) is 5.42. The van der Waals surface area contributed by atoms with E-state index in [2.05, 4.69) is 35.9 Å². The van der Waals surface area contributed by atoms with Crippen LogP contribution in [0.4, 0.5) is 0 Å². The van der Waals surface area contributed by atoms with E-state index in [-0.39, 0.29) is 5.78 Å². The van der Waals surface area contributed by atoms with Gasteiger partial charge in [0.2, 0.25) is 4.96 Å². The molecule has 3 aromatic rings. The molecule has 130 valence electrons. The number of benzene rings is 1. The molecule has 1 aliphatic carbocycles. The number of hydrogen-bond acceptors (Lipinski definition) is 5. The topological polar surface area (TPSA) is 47.3 Å². The van der Waals surface area contributed by atoms with Crippen LogP contribution in [0.15, 0.2) is 39.3 Å². The van der Waals surface area contributed by atoms with E-state index < -0.39 is 0 Å². The Morgan fingerprint density at radius 3 is 2.72 bits per heavy atom. The summed E-state index contributed by atoms with van der Waals surface area (Å²) in [5, 5.41) is 11.7. The quantitative estimate of drug-likeness (QED) is 0.387. The Balaban J connectivity index is 1.52. The van der Waals surface area contributed by atoms with Gasteiger partial charge in [0.1, 0.15) is 0 Å². The van der Waals surface area contributed by atoms with E-state index in [0.717, 1.165) is 20.2 Å². The summed E-state index contributed by atoms with van der Waals surface area (Å²) in [7, 11) is 0. The molecule has 0 radical (unpaired) electrons. The highest BCUT2D eigenvalue weighted by atomic mass is 79.9. The van der Waals surface area contributed by atoms with E-state index in [1.165, 1.54) is 49.6 Å². The van der Waals surface area contributed by atoms with Gasteiger partial charge in [-0.1, -0.05) is 59.1 Å². The first-order chi connectivity index (χ1) is 12.2. The van der Waals surface area contributed by atoms with Gasteiger partial charge in [-0.2, -0.15) is 0 Å². The molecule has 7 heteroatoms. The molecule has 1 aromatic carbocycles. The fraction of sp³-hybridized carbons (Fsp3) is 0.389. The lowest BCUT2D eigenvalue weighted by atomic mass is 9.87. The van der Waals surface area contributed by atoms with Crippen LogP contribution in [0.25, 0.3) is 4.96 Å². The zero-order valence-electron chi connectivity index (χ0n) is 13.7. The van der Waals surface area contributed by atoms with Crippen LogP contribution in [0.3, 0.4) is 0 Å². The van der Waals surface area contributed by atoms with Crippen molar-refractivity contribution in [3.05, 3.63) is 45.4 Å². The molecular formula is C18H18BrN3OS2. The SMILES string of the molecule is O=C(CSc1nnc2scc(C3CCCCC3)n12)c1ccc(Br)cc1. The van der Waals surface area contributed by atoms with Crippen molar-refractivity contribution in [1.82, 2.24) is 14.6 Å². The second kappa shape index (κ2) is 7.60. The summed E-state index contributed by atoms with van der Waals surface area (Å²) in [5.41, 5.74) is 2.05. The highest BCUT2D eigenvalue weighted by Crippen LogP contribution is 2.36. The molecule has 0 aliphatic heterocycles. The third-order valence-electron chi connectivity index (χ3n) is 4.67. The van der Waals surface area contributed by atoms with E-state index in [0.29, 0.717) is 11.7 Å². The molecule has 0 amide bonds. The van der Waals surface area contributed by atoms with Gasteiger partial charge >= 0.3 is 0 Å². The number of halogens is 1. The molecule has 1 aliphatic rings. The number of aromatic nitrogens is 3. The van der Waals surface area contributed by atoms with Crippen molar-refractivity contribution in [2.45, 2.75) is 43.2 Å². The number of thioether (sulfide) groups is 1. The predicted molar refractivity (Wildman–Crippen MR) is 106 cm³/mol. The molecule has 0 atom stereocenters. The first-order valence-corrected chi connectivity index (χ1v) is 11.1. The molecule has 0 saturated heterocycles. The lowest BCUT2D eigenvalue weighted by Gasteiger charge is -2.21. The van der Waals surface area contributed by atoms with E-state index in [1.54, 1.807) is 11.3 Å². The minimum Gasteiger partial charge on any atom is -0.293 e. The normalized spacial score (nSPS) is 15.7. The molecule has 1 saturated carbocycles. The van der Waals surface area contributed by atoms with Crippen LogP contribution in [-0.4, -0.2) is 26.1 Å². The molecule has 0 bridgehead atoms. The Morgan fingerprint density at radius 2 is 1.96 bits per heavy atom. The van der Waals surface area contributed by atoms with Gasteiger partial charge in [-0.3, -0.25) is 9.20 Å². The summed E-state index contributed by atoms with van der Waals surface area (Å²) in [4.78, 5) is 13.4. The van der Waals surface area contributed by atoms with Gasteiger partial charge in [0.05, 0.1) is 5.75 Å². The molecule has 4 rings (SSSR count). The summed E-state index contributed by atoms with van der Waals surface area (Å²) >= 11 is 6.52. The fourth-order valence-electron chi connectivity index (χ4n) is 3.34. The zero-order chi connectivity index (χ0) is 17.2. The van der Waals surface area contributed by atoms with Crippen molar-refractivity contribution >= 4 is 49.8 Å². The predicted octanol–water partition coefficient (Wildman–Crippen LogP) is 5.58. The second-order valence-electron chi connectivity index (χ2n) is 6.31. The number of carbonyl (C=O) groups excluding carboxylic acids is 1. The highest BCUT2D eigenvalue weighted by molar-refractivity contribution is 9.10. The largest absolute Gasteiger partial charge is 0.293 e. The minimum atomic E-state index is 0.115. The van der Waals surface area contributed by atoms with Crippen LogP contribution in [0.2, 0.25) is 0 Å². The van der Waals surface area contributed by atoms with Gasteiger partial charge in [-0.25, -0.2) is 0 Å². The number of carbonyl (C=O) groups is 1. The maximum Gasteiger partial charge on any atom is 0.217 e. The summed E-state index contributed by atoms with van der Waals surface area (Å²) in [5.74, 6) is 1.09. The van der Waals surface area contributed by atoms with E-state index in [9.17, 15) is 4.79 Å². The molecule has 0 unspecified atom stereocenters. The molecule has 0 spiro atoms. The first kappa shape index (κ1) is 17.2. The minimum absolute atomic E-state index is 0.115. The number of Topliss-reactive ketones (excluding diaryl/α,β-unsaturated/α-hetero) is 1.